The zero-order valence-corrected chi connectivity index (χ0v) is 30.1. The number of imide groups is 1. The van der Waals surface area contributed by atoms with Crippen molar-refractivity contribution in [2.45, 2.75) is 77.7 Å². The summed E-state index contributed by atoms with van der Waals surface area (Å²) in [5.74, 6) is -1.36. The van der Waals surface area contributed by atoms with Gasteiger partial charge in [0.15, 0.2) is 5.60 Å². The summed E-state index contributed by atoms with van der Waals surface area (Å²) in [7, 11) is 0. The number of rotatable bonds is 11. The van der Waals surface area contributed by atoms with Gasteiger partial charge in [-0.3, -0.25) is 29.1 Å². The highest BCUT2D eigenvalue weighted by atomic mass is 16.6. The summed E-state index contributed by atoms with van der Waals surface area (Å²) in [5, 5.41) is 16.2. The molecular weight excluding hydrogens is 686 g/mol. The second kappa shape index (κ2) is 13.8. The lowest BCUT2D eigenvalue weighted by Crippen LogP contribution is -2.44. The Balaban J connectivity index is 1.01. The smallest absolute Gasteiger partial charge is 0.343 e. The summed E-state index contributed by atoms with van der Waals surface area (Å²) in [6, 6.07) is 15.8. The van der Waals surface area contributed by atoms with Crippen molar-refractivity contribution in [2.75, 3.05) is 6.54 Å². The predicted molar refractivity (Wildman–Crippen MR) is 201 cm³/mol. The van der Waals surface area contributed by atoms with E-state index in [-0.39, 0.29) is 36.3 Å². The van der Waals surface area contributed by atoms with E-state index >= 15 is 0 Å². The second-order valence-corrected chi connectivity index (χ2v) is 14.1. The van der Waals surface area contributed by atoms with Crippen LogP contribution in [0.4, 0.5) is 0 Å². The number of hydrogen-bond acceptors (Lipinski definition) is 9. The second-order valence-electron chi connectivity index (χ2n) is 14.1. The van der Waals surface area contributed by atoms with E-state index in [4.69, 9.17) is 14.7 Å². The van der Waals surface area contributed by atoms with E-state index < -0.39 is 11.6 Å². The zero-order valence-electron chi connectivity index (χ0n) is 30.1. The van der Waals surface area contributed by atoms with Gasteiger partial charge in [0.2, 0.25) is 5.91 Å². The molecule has 54 heavy (non-hydrogen) atoms. The first-order valence-corrected chi connectivity index (χ1v) is 18.4. The quantitative estimate of drug-likeness (QED) is 0.0815. The van der Waals surface area contributed by atoms with Crippen LogP contribution in [0.5, 0.6) is 0 Å². The number of aryl methyl sites for hydroxylation is 1. The van der Waals surface area contributed by atoms with Gasteiger partial charge in [-0.1, -0.05) is 44.5 Å². The summed E-state index contributed by atoms with van der Waals surface area (Å²) in [6.07, 6.45) is 7.62. The molecule has 0 radical (unpaired) electrons. The SMILES string of the molecule is CCc1c2c(nc3ccc4ncc(-c5ccc(CNC(=O)CCCCCN6C(=O)C=CC6=O)cc5)cc4c13)-c1cc3c(c(=O)n1C2)COC(=O)[C@]3(O)CC. The van der Waals surface area contributed by atoms with Crippen LogP contribution in [-0.2, 0) is 55.6 Å². The number of pyridine rings is 3. The lowest BCUT2D eigenvalue weighted by Gasteiger charge is -2.31. The Labute approximate surface area is 310 Å². The molecule has 3 aromatic heterocycles. The molecule has 2 aromatic carbocycles. The minimum absolute atomic E-state index is 0.0503. The molecule has 0 fully saturated rings. The molecule has 0 saturated carbocycles. The molecule has 0 spiro atoms. The van der Waals surface area contributed by atoms with Crippen molar-refractivity contribution < 1.29 is 29.0 Å². The van der Waals surface area contributed by atoms with Crippen LogP contribution in [0, 0.1) is 0 Å². The third-order valence-electron chi connectivity index (χ3n) is 10.9. The van der Waals surface area contributed by atoms with E-state index in [1.54, 1.807) is 17.6 Å². The normalized spacial score (nSPS) is 17.2. The van der Waals surface area contributed by atoms with Crippen molar-refractivity contribution in [1.29, 1.82) is 0 Å². The monoisotopic (exact) mass is 725 g/mol. The molecule has 6 heterocycles. The Morgan fingerprint density at radius 1 is 0.926 bits per heavy atom. The molecule has 12 nitrogen and oxygen atoms in total. The number of aliphatic hydroxyl groups is 1. The summed E-state index contributed by atoms with van der Waals surface area (Å²) in [5.41, 5.74) is 6.12. The fourth-order valence-electron chi connectivity index (χ4n) is 7.91. The molecule has 12 heteroatoms. The first kappa shape index (κ1) is 35.0. The maximum absolute atomic E-state index is 13.8. The van der Waals surface area contributed by atoms with Gasteiger partial charge in [-0.05, 0) is 66.6 Å². The number of carbonyl (C=O) groups excluding carboxylic acids is 4. The number of amides is 3. The summed E-state index contributed by atoms with van der Waals surface area (Å²) >= 11 is 0. The summed E-state index contributed by atoms with van der Waals surface area (Å²) in [6.45, 7) is 4.69. The largest absolute Gasteiger partial charge is 0.458 e. The first-order valence-electron chi connectivity index (χ1n) is 18.4. The summed E-state index contributed by atoms with van der Waals surface area (Å²) in [4.78, 5) is 73.3. The third-order valence-corrected chi connectivity index (χ3v) is 10.9. The lowest BCUT2D eigenvalue weighted by atomic mass is 9.86. The average Bonchev–Trinajstić information content (AvgIpc) is 3.72. The van der Waals surface area contributed by atoms with Gasteiger partial charge in [0.1, 0.15) is 6.61 Å². The topological polar surface area (TPSA) is 161 Å². The van der Waals surface area contributed by atoms with Crippen LogP contribution in [0.2, 0.25) is 0 Å². The van der Waals surface area contributed by atoms with Crippen LogP contribution in [-0.4, -0.2) is 54.8 Å². The van der Waals surface area contributed by atoms with E-state index in [9.17, 15) is 29.1 Å². The van der Waals surface area contributed by atoms with Crippen molar-refractivity contribution in [3.8, 4) is 22.5 Å². The number of ether oxygens (including phenoxy) is 1. The molecule has 0 aliphatic carbocycles. The van der Waals surface area contributed by atoms with E-state index in [1.165, 1.54) is 17.1 Å². The number of unbranched alkanes of at least 4 members (excludes halogenated alkanes) is 2. The maximum atomic E-state index is 13.8. The number of aromatic nitrogens is 3. The lowest BCUT2D eigenvalue weighted by molar-refractivity contribution is -0.172. The van der Waals surface area contributed by atoms with Gasteiger partial charge in [0, 0.05) is 65.3 Å². The van der Waals surface area contributed by atoms with Crippen molar-refractivity contribution in [1.82, 2.24) is 24.8 Å². The average molecular weight is 726 g/mol. The molecule has 3 amide bonds. The van der Waals surface area contributed by atoms with Crippen LogP contribution >= 0.6 is 0 Å². The van der Waals surface area contributed by atoms with E-state index in [2.05, 4.69) is 18.3 Å². The molecule has 1 atom stereocenters. The van der Waals surface area contributed by atoms with Gasteiger partial charge in [-0.25, -0.2) is 9.78 Å². The molecule has 8 rings (SSSR count). The molecule has 2 N–H and O–H groups in total. The fourth-order valence-corrected chi connectivity index (χ4v) is 7.91. The highest BCUT2D eigenvalue weighted by Gasteiger charge is 2.45. The van der Waals surface area contributed by atoms with Gasteiger partial charge in [0.25, 0.3) is 17.4 Å². The molecule has 5 aromatic rings. The Hall–Kier alpha value is -6.01. The standard InChI is InChI=1S/C42H39N5O7/c1-3-27-29-22-47-34(19-31-30(40(47)51)23-54-41(52)42(31,53)4-2)39(29)45-33-14-13-32-28(38(27)33)18-26(21-43-32)25-11-9-24(10-12-25)20-44-35(48)8-6-5-7-17-46-36(49)15-16-37(46)50/h9-16,18-19,21,53H,3-8,17,20,22-23H2,1-2H3,(H,44,48)/t42-/m0/s1. The number of hydrogen-bond donors (Lipinski definition) is 2. The van der Waals surface area contributed by atoms with Crippen molar-refractivity contribution >= 4 is 45.5 Å². The molecule has 0 bridgehead atoms. The fraction of sp³-hybridized carbons (Fsp3) is 0.310. The minimum atomic E-state index is -1.89. The van der Waals surface area contributed by atoms with Crippen LogP contribution in [0.3, 0.4) is 0 Å². The third kappa shape index (κ3) is 5.86. The Kier molecular flexibility index (Phi) is 8.93. The van der Waals surface area contributed by atoms with Crippen LogP contribution in [0.1, 0.15) is 73.8 Å². The number of cyclic esters (lactones) is 1. The van der Waals surface area contributed by atoms with Crippen molar-refractivity contribution in [3.05, 3.63) is 105 Å². The number of nitrogens with zero attached hydrogens (tertiary/aromatic N) is 4. The minimum Gasteiger partial charge on any atom is -0.458 e. The molecule has 0 saturated heterocycles. The molecule has 3 aliphatic heterocycles. The van der Waals surface area contributed by atoms with Gasteiger partial charge in [-0.2, -0.15) is 0 Å². The van der Waals surface area contributed by atoms with Gasteiger partial charge < -0.3 is 19.7 Å². The highest BCUT2D eigenvalue weighted by molar-refractivity contribution is 6.13. The molecule has 0 unspecified atom stereocenters. The predicted octanol–water partition coefficient (Wildman–Crippen LogP) is 4.96. The molecule has 3 aliphatic rings. The van der Waals surface area contributed by atoms with Crippen molar-refractivity contribution in [3.63, 3.8) is 0 Å². The number of fused-ring (bicyclic) bond motifs is 7. The van der Waals surface area contributed by atoms with Gasteiger partial charge in [-0.15, -0.1) is 0 Å². The number of carbonyl (C=O) groups is 4. The van der Waals surface area contributed by atoms with Crippen LogP contribution in [0.25, 0.3) is 44.3 Å². The van der Waals surface area contributed by atoms with E-state index in [0.717, 1.165) is 56.0 Å². The van der Waals surface area contributed by atoms with Gasteiger partial charge in [0.05, 0.1) is 34.5 Å². The van der Waals surface area contributed by atoms with Gasteiger partial charge >= 0.3 is 5.97 Å². The Morgan fingerprint density at radius 2 is 1.69 bits per heavy atom. The number of nitrogens with one attached hydrogen (secondary N) is 1. The van der Waals surface area contributed by atoms with Crippen LogP contribution in [0.15, 0.2) is 71.7 Å². The molecule has 274 valence electrons. The Bertz CT molecular complexity index is 2490. The van der Waals surface area contributed by atoms with Crippen LogP contribution < -0.4 is 10.9 Å². The zero-order chi connectivity index (χ0) is 37.7. The van der Waals surface area contributed by atoms with E-state index in [1.807, 2.05) is 42.6 Å². The molecular formula is C42H39N5O7. The van der Waals surface area contributed by atoms with E-state index in [0.29, 0.717) is 67.8 Å². The maximum Gasteiger partial charge on any atom is 0.343 e. The Morgan fingerprint density at radius 3 is 2.43 bits per heavy atom. The number of benzene rings is 2. The number of esters is 1. The first-order chi connectivity index (χ1) is 26.1. The summed E-state index contributed by atoms with van der Waals surface area (Å²) < 4.78 is 6.91. The van der Waals surface area contributed by atoms with Crippen molar-refractivity contribution in [2.24, 2.45) is 0 Å². The highest BCUT2D eigenvalue weighted by Crippen LogP contribution is 2.42.